The standard InChI is InChI=1S/C32H33F2N9O7S3.2Na/c1-50-40-22(20-12-53-31(35)39-20)27(45)38-19-10-43-23(30(48)49)13(11-52-28(19)43)7-36-32(51)37-14-4-5-41(8-14)25-18(33)6-16-24(21(25)34)42(15-2-3-15)9-17(26(16)44)29(46)47;;/h6,9,12,14-15,19,28H,2-5,7-8,10-11H2,1H3,(H2,35,39)(H,38,45)(H,46,47)(H,48,49)(H2,36,37,51);;/q;2*+1/p-2/t14?,19-,28-;;/m1../s1. The van der Waals surface area contributed by atoms with Crippen molar-refractivity contribution in [3.63, 3.8) is 0 Å². The molecular formula is C32H31F2N9Na2O7S3. The number of nitrogen functional groups attached to an aromatic ring is 1. The van der Waals surface area contributed by atoms with Crippen LogP contribution in [0.4, 0.5) is 19.6 Å². The number of carbonyl (C=O) groups excluding carboxylic acids is 3. The second-order valence-electron chi connectivity index (χ2n) is 12.8. The fourth-order valence-electron chi connectivity index (χ4n) is 6.82. The van der Waals surface area contributed by atoms with Gasteiger partial charge in [-0.15, -0.1) is 23.1 Å². The van der Waals surface area contributed by atoms with Crippen molar-refractivity contribution in [1.82, 2.24) is 30.4 Å². The van der Waals surface area contributed by atoms with E-state index in [1.54, 1.807) is 10.3 Å². The van der Waals surface area contributed by atoms with Gasteiger partial charge >= 0.3 is 59.1 Å². The molecule has 3 aromatic rings. The number of aliphatic carboxylic acids is 1. The number of thioether (sulfide) groups is 1. The number of thiazole rings is 1. The van der Waals surface area contributed by atoms with Gasteiger partial charge in [0.15, 0.2) is 27.2 Å². The molecule has 3 fully saturated rings. The number of halogens is 2. The number of nitrogens with one attached hydrogen (secondary N) is 3. The second-order valence-corrected chi connectivity index (χ2v) is 15.2. The Bertz CT molecular complexity index is 2190. The molecule has 2 saturated heterocycles. The van der Waals surface area contributed by atoms with Crippen LogP contribution in [0, 0.1) is 11.6 Å². The maximum atomic E-state index is 16.1. The van der Waals surface area contributed by atoms with E-state index in [4.69, 9.17) is 22.8 Å². The van der Waals surface area contributed by atoms with Crippen molar-refractivity contribution in [2.75, 3.05) is 49.7 Å². The summed E-state index contributed by atoms with van der Waals surface area (Å²) < 4.78 is 32.9. The van der Waals surface area contributed by atoms with Crippen molar-refractivity contribution >= 4 is 85.7 Å². The van der Waals surface area contributed by atoms with E-state index in [9.17, 15) is 29.4 Å². The number of oxime groups is 1. The number of nitrogens with two attached hydrogens (primary N) is 1. The largest absolute Gasteiger partial charge is 1.00 e. The molecule has 5 heterocycles. The quantitative estimate of drug-likeness (QED) is 0.0611. The van der Waals surface area contributed by atoms with Crippen LogP contribution in [0.5, 0.6) is 0 Å². The Kier molecular flexibility index (Phi) is 13.8. The SMILES string of the molecule is CON=C(C(=O)N[C@@H]1CN2C(C(=O)[O-])=C(CNC(=S)NC3CCN(c4c(F)cc5c(=O)c(C(=O)[O-])cn(C6CC6)c5c4F)C3)CS[C@H]12)c1csc(N)n1.[Na+].[Na+]. The first kappa shape index (κ1) is 43.1. The Morgan fingerprint density at radius 3 is 2.53 bits per heavy atom. The molecule has 23 heteroatoms. The summed E-state index contributed by atoms with van der Waals surface area (Å²) in [6.07, 6.45) is 2.84. The number of rotatable bonds is 11. The summed E-state index contributed by atoms with van der Waals surface area (Å²) in [5, 5.41) is 37.9. The van der Waals surface area contributed by atoms with E-state index in [-0.39, 0.29) is 147 Å². The zero-order chi connectivity index (χ0) is 37.7. The third kappa shape index (κ3) is 8.64. The van der Waals surface area contributed by atoms with Gasteiger partial charge in [-0.05, 0) is 43.1 Å². The normalized spacial score (nSPS) is 20.5. The summed E-state index contributed by atoms with van der Waals surface area (Å²) in [7, 11) is 1.30. The number of amides is 1. The van der Waals surface area contributed by atoms with Crippen LogP contribution < -0.4 is 101 Å². The van der Waals surface area contributed by atoms with Crippen LogP contribution in [-0.2, 0) is 14.4 Å². The summed E-state index contributed by atoms with van der Waals surface area (Å²) in [6, 6.07) is -0.0683. The molecule has 1 unspecified atom stereocenters. The summed E-state index contributed by atoms with van der Waals surface area (Å²) >= 11 is 8.06. The molecule has 0 radical (unpaired) electrons. The smallest absolute Gasteiger partial charge is 0.545 e. The van der Waals surface area contributed by atoms with E-state index in [1.165, 1.54) is 28.3 Å². The molecule has 5 N–H and O–H groups in total. The number of carboxylic acids is 2. The van der Waals surface area contributed by atoms with Crippen LogP contribution in [-0.4, -0.2) is 99.6 Å². The van der Waals surface area contributed by atoms with Gasteiger partial charge < -0.3 is 60.7 Å². The van der Waals surface area contributed by atoms with Gasteiger partial charge in [-0.3, -0.25) is 9.59 Å². The first-order chi connectivity index (χ1) is 25.4. The number of hydrogen-bond donors (Lipinski definition) is 4. The van der Waals surface area contributed by atoms with Gasteiger partial charge in [-0.25, -0.2) is 13.8 Å². The molecule has 1 aromatic carbocycles. The van der Waals surface area contributed by atoms with Crippen LogP contribution in [0.2, 0.25) is 0 Å². The zero-order valence-corrected chi connectivity index (χ0v) is 36.3. The van der Waals surface area contributed by atoms with E-state index in [2.05, 4.69) is 26.1 Å². The number of fused-ring (bicyclic) bond motifs is 2. The minimum absolute atomic E-state index is 0. The van der Waals surface area contributed by atoms with Crippen LogP contribution in [0.3, 0.4) is 0 Å². The maximum absolute atomic E-state index is 16.1. The number of carbonyl (C=O) groups is 3. The van der Waals surface area contributed by atoms with E-state index >= 15 is 8.78 Å². The third-order valence-electron chi connectivity index (χ3n) is 9.41. The van der Waals surface area contributed by atoms with Gasteiger partial charge in [0.25, 0.3) is 5.91 Å². The number of pyridine rings is 1. The van der Waals surface area contributed by atoms with Crippen molar-refractivity contribution in [2.24, 2.45) is 5.16 Å². The molecule has 1 saturated carbocycles. The van der Waals surface area contributed by atoms with Gasteiger partial charge in [0.2, 0.25) is 0 Å². The molecule has 280 valence electrons. The van der Waals surface area contributed by atoms with Gasteiger partial charge in [-0.1, -0.05) is 5.16 Å². The summed E-state index contributed by atoms with van der Waals surface area (Å²) in [5.74, 6) is -5.28. The van der Waals surface area contributed by atoms with Crippen molar-refractivity contribution in [3.05, 3.63) is 62.0 Å². The predicted molar refractivity (Wildman–Crippen MR) is 192 cm³/mol. The molecule has 16 nitrogen and oxygen atoms in total. The van der Waals surface area contributed by atoms with Gasteiger partial charge in [0.05, 0.1) is 45.5 Å². The van der Waals surface area contributed by atoms with Crippen LogP contribution >= 0.6 is 35.3 Å². The minimum Gasteiger partial charge on any atom is -0.545 e. The van der Waals surface area contributed by atoms with E-state index in [0.717, 1.165) is 23.6 Å². The Hall–Kier alpha value is -3.02. The van der Waals surface area contributed by atoms with Gasteiger partial charge in [0, 0.05) is 55.6 Å². The van der Waals surface area contributed by atoms with Crippen LogP contribution in [0.25, 0.3) is 10.9 Å². The summed E-state index contributed by atoms with van der Waals surface area (Å²) in [6.45, 7) is 0.692. The number of thiocarbonyl (C=S) groups is 1. The molecule has 7 rings (SSSR count). The average molecular weight is 834 g/mol. The van der Waals surface area contributed by atoms with Crippen molar-refractivity contribution in [2.45, 2.75) is 42.8 Å². The van der Waals surface area contributed by atoms with Gasteiger partial charge in [0.1, 0.15) is 24.3 Å². The van der Waals surface area contributed by atoms with E-state index in [1.807, 2.05) is 0 Å². The number of carboxylic acid groups (broad SMARTS) is 2. The fourth-order valence-corrected chi connectivity index (χ4v) is 8.98. The van der Waals surface area contributed by atoms with Crippen molar-refractivity contribution in [3.8, 4) is 0 Å². The minimum atomic E-state index is -1.72. The molecule has 1 amide bonds. The van der Waals surface area contributed by atoms with Crippen LogP contribution in [0.1, 0.15) is 41.4 Å². The Morgan fingerprint density at radius 1 is 1.15 bits per heavy atom. The molecule has 2 aromatic heterocycles. The van der Waals surface area contributed by atoms with Crippen LogP contribution in [0.15, 0.2) is 38.9 Å². The first-order valence-electron chi connectivity index (χ1n) is 16.4. The number of aromatic carboxylic acids is 1. The molecular weight excluding hydrogens is 803 g/mol. The summed E-state index contributed by atoms with van der Waals surface area (Å²) in [4.78, 5) is 61.7. The molecule has 0 bridgehead atoms. The number of benzene rings is 1. The van der Waals surface area contributed by atoms with Gasteiger partial charge in [-0.2, -0.15) is 0 Å². The predicted octanol–water partition coefficient (Wildman–Crippen LogP) is -7.00. The zero-order valence-electron chi connectivity index (χ0n) is 29.9. The molecule has 4 aliphatic rings. The number of anilines is 2. The van der Waals surface area contributed by atoms with Crippen molar-refractivity contribution in [1.29, 1.82) is 0 Å². The second kappa shape index (κ2) is 17.6. The Labute approximate surface area is 369 Å². The fraction of sp³-hybridized carbons (Fsp3) is 0.406. The maximum Gasteiger partial charge on any atom is 1.00 e. The molecule has 0 spiro atoms. The summed E-state index contributed by atoms with van der Waals surface area (Å²) in [5.41, 5.74) is 4.26. The first-order valence-corrected chi connectivity index (χ1v) is 18.7. The Morgan fingerprint density at radius 2 is 1.89 bits per heavy atom. The molecule has 1 aliphatic carbocycles. The van der Waals surface area contributed by atoms with Crippen molar-refractivity contribution < 1.29 is 97.3 Å². The number of hydrogen-bond acceptors (Lipinski definition) is 15. The molecule has 3 atom stereocenters. The van der Waals surface area contributed by atoms with E-state index in [0.29, 0.717) is 30.6 Å². The number of nitrogens with zero attached hydrogens (tertiary/aromatic N) is 5. The Balaban J connectivity index is 0.00000290. The number of aromatic nitrogens is 2. The monoisotopic (exact) mass is 833 g/mol. The molecule has 3 aliphatic heterocycles. The third-order valence-corrected chi connectivity index (χ3v) is 11.8. The van der Waals surface area contributed by atoms with E-state index < -0.39 is 46.5 Å². The topological polar surface area (TPSA) is 222 Å². The molecule has 55 heavy (non-hydrogen) atoms. The average Bonchev–Trinajstić information content (AvgIpc) is 3.70.